The molecule has 2 aliphatic heterocycles. The molecule has 226 valence electrons. The lowest BCUT2D eigenvalue weighted by Gasteiger charge is -2.07. The van der Waals surface area contributed by atoms with Crippen LogP contribution in [0.4, 0.5) is 5.69 Å². The van der Waals surface area contributed by atoms with Gasteiger partial charge in [-0.3, -0.25) is 10.1 Å². The highest BCUT2D eigenvalue weighted by Gasteiger charge is 2.41. The highest BCUT2D eigenvalue weighted by Crippen LogP contribution is 2.42. The number of cyclic esters (lactones) is 3. The molecule has 0 amide bonds. The smallest absolute Gasteiger partial charge is 0.354 e. The van der Waals surface area contributed by atoms with Gasteiger partial charge in [-0.2, -0.15) is 0 Å². The van der Waals surface area contributed by atoms with Gasteiger partial charge < -0.3 is 43.7 Å². The van der Waals surface area contributed by atoms with Gasteiger partial charge in [0.2, 0.25) is 5.75 Å². The first-order valence-electron chi connectivity index (χ1n) is 11.8. The van der Waals surface area contributed by atoms with Crippen LogP contribution in [0.2, 0.25) is 0 Å². The van der Waals surface area contributed by atoms with Crippen molar-refractivity contribution in [1.29, 1.82) is 0 Å². The summed E-state index contributed by atoms with van der Waals surface area (Å²) in [5.41, 5.74) is -0.545. The average Bonchev–Trinajstić information content (AvgIpc) is 3.49. The van der Waals surface area contributed by atoms with E-state index in [1.807, 2.05) is 0 Å². The zero-order chi connectivity index (χ0) is 32.0. The summed E-state index contributed by atoms with van der Waals surface area (Å²) in [4.78, 5) is 53.5. The monoisotopic (exact) mass is 601 g/mol. The summed E-state index contributed by atoms with van der Waals surface area (Å²) in [6.45, 7) is 0.314. The third-order valence-electron chi connectivity index (χ3n) is 5.86. The number of phenolic OH excluding ortho intramolecular Hbond substituents is 2. The fraction of sp³-hybridized carbons (Fsp3) is 0.185. The molecule has 3 aromatic rings. The van der Waals surface area contributed by atoms with Gasteiger partial charge >= 0.3 is 29.6 Å². The van der Waals surface area contributed by atoms with Gasteiger partial charge in [0.05, 0.1) is 50.1 Å². The summed E-state index contributed by atoms with van der Waals surface area (Å²) in [6, 6.07) is 8.58. The number of aromatic carboxylic acids is 1. The first-order valence-corrected chi connectivity index (χ1v) is 11.8. The fourth-order valence-electron chi connectivity index (χ4n) is 3.80. The van der Waals surface area contributed by atoms with Gasteiger partial charge in [-0.25, -0.2) is 19.2 Å². The summed E-state index contributed by atoms with van der Waals surface area (Å²) in [5, 5.41) is 37.6. The number of nitrogens with zero attached hydrogens (tertiary/aromatic N) is 1. The SMILES string of the molecule is COc1cc2c(cc1OC)C(=O)OC2.COc1ccc(C(=O)O)cc1OC.O=C1OC(=O)c2c1cc(O)c(O)c2[N+](=O)[O-]. The first kappa shape index (κ1) is 31.5. The molecule has 0 aromatic heterocycles. The third kappa shape index (κ3) is 6.48. The number of methoxy groups -OCH3 is 4. The number of carbonyl (C=O) groups excluding carboxylic acids is 3. The topological polar surface area (TPSA) is 227 Å². The second-order valence-corrected chi connectivity index (χ2v) is 8.26. The number of fused-ring (bicyclic) bond motifs is 2. The largest absolute Gasteiger partial charge is 0.504 e. The lowest BCUT2D eigenvalue weighted by Crippen LogP contribution is -2.01. The number of aromatic hydroxyl groups is 2. The number of phenols is 2. The van der Waals surface area contributed by atoms with Gasteiger partial charge in [0, 0.05) is 5.56 Å². The van der Waals surface area contributed by atoms with Crippen molar-refractivity contribution in [3.05, 3.63) is 74.3 Å². The van der Waals surface area contributed by atoms with Gasteiger partial charge in [-0.1, -0.05) is 0 Å². The Balaban J connectivity index is 0.000000178. The number of hydrogen-bond acceptors (Lipinski definition) is 14. The second kappa shape index (κ2) is 13.1. The van der Waals surface area contributed by atoms with E-state index < -0.39 is 51.1 Å². The maximum atomic E-state index is 11.2. The molecule has 16 heteroatoms. The van der Waals surface area contributed by atoms with Crippen molar-refractivity contribution in [3.63, 3.8) is 0 Å². The predicted molar refractivity (Wildman–Crippen MR) is 141 cm³/mol. The molecule has 5 rings (SSSR count). The minimum absolute atomic E-state index is 0.178. The van der Waals surface area contributed by atoms with Crippen LogP contribution in [0.1, 0.15) is 47.0 Å². The van der Waals surface area contributed by atoms with E-state index in [4.69, 9.17) is 33.9 Å². The van der Waals surface area contributed by atoms with Crippen LogP contribution in [-0.4, -0.2) is 72.6 Å². The van der Waals surface area contributed by atoms with Crippen LogP contribution in [0.3, 0.4) is 0 Å². The second-order valence-electron chi connectivity index (χ2n) is 8.26. The Kier molecular flexibility index (Phi) is 9.56. The lowest BCUT2D eigenvalue weighted by molar-refractivity contribution is -0.386. The molecule has 0 unspecified atom stereocenters. The van der Waals surface area contributed by atoms with E-state index in [9.17, 15) is 34.4 Å². The molecule has 0 fully saturated rings. The highest BCUT2D eigenvalue weighted by atomic mass is 16.6. The van der Waals surface area contributed by atoms with Crippen molar-refractivity contribution in [2.45, 2.75) is 6.61 Å². The molecule has 0 saturated carbocycles. The number of hydrogen-bond donors (Lipinski definition) is 3. The van der Waals surface area contributed by atoms with Crippen molar-refractivity contribution in [2.24, 2.45) is 0 Å². The van der Waals surface area contributed by atoms with E-state index in [0.29, 0.717) is 35.2 Å². The van der Waals surface area contributed by atoms with E-state index in [2.05, 4.69) is 4.74 Å². The molecule has 2 aliphatic rings. The average molecular weight is 601 g/mol. The van der Waals surface area contributed by atoms with Crippen LogP contribution in [-0.2, 0) is 16.1 Å². The molecular weight excluding hydrogens is 578 g/mol. The van der Waals surface area contributed by atoms with E-state index >= 15 is 0 Å². The van der Waals surface area contributed by atoms with Gasteiger partial charge in [0.1, 0.15) is 6.61 Å². The van der Waals surface area contributed by atoms with Crippen molar-refractivity contribution in [3.8, 4) is 34.5 Å². The molecule has 0 saturated heterocycles. The number of carboxylic acid groups (broad SMARTS) is 1. The minimum atomic E-state index is -1.22. The van der Waals surface area contributed by atoms with Gasteiger partial charge in [-0.15, -0.1) is 0 Å². The zero-order valence-corrected chi connectivity index (χ0v) is 22.9. The van der Waals surface area contributed by atoms with E-state index in [0.717, 1.165) is 11.6 Å². The number of ether oxygens (including phenoxy) is 6. The maximum Gasteiger partial charge on any atom is 0.354 e. The van der Waals surface area contributed by atoms with Crippen molar-refractivity contribution in [2.75, 3.05) is 28.4 Å². The minimum Gasteiger partial charge on any atom is -0.504 e. The molecule has 0 atom stereocenters. The molecule has 43 heavy (non-hydrogen) atoms. The lowest BCUT2D eigenvalue weighted by atomic mass is 10.1. The highest BCUT2D eigenvalue weighted by molar-refractivity contribution is 6.17. The third-order valence-corrected chi connectivity index (χ3v) is 5.86. The molecule has 0 bridgehead atoms. The summed E-state index contributed by atoms with van der Waals surface area (Å²) < 4.78 is 29.1. The summed E-state index contributed by atoms with van der Waals surface area (Å²) in [6.07, 6.45) is 0. The van der Waals surface area contributed by atoms with E-state index in [-0.39, 0.29) is 11.5 Å². The summed E-state index contributed by atoms with van der Waals surface area (Å²) in [7, 11) is 6.05. The number of esters is 3. The Morgan fingerprint density at radius 1 is 0.814 bits per heavy atom. The Bertz CT molecular complexity index is 1630. The van der Waals surface area contributed by atoms with E-state index in [1.165, 1.54) is 33.5 Å². The normalized spacial score (nSPS) is 12.2. The number of carboxylic acids is 1. The first-order chi connectivity index (χ1) is 20.4. The summed E-state index contributed by atoms with van der Waals surface area (Å²) >= 11 is 0. The van der Waals surface area contributed by atoms with Crippen molar-refractivity contribution >= 4 is 29.6 Å². The number of nitro groups is 1. The molecular formula is C27H23NO15. The Labute approximate surface area is 241 Å². The molecule has 0 spiro atoms. The van der Waals surface area contributed by atoms with Gasteiger partial charge in [0.25, 0.3) is 0 Å². The molecule has 0 radical (unpaired) electrons. The quantitative estimate of drug-likeness (QED) is 0.121. The van der Waals surface area contributed by atoms with Crippen LogP contribution >= 0.6 is 0 Å². The number of benzene rings is 3. The van der Waals surface area contributed by atoms with Gasteiger partial charge in [-0.05, 0) is 36.4 Å². The van der Waals surface area contributed by atoms with Crippen LogP contribution in [0.25, 0.3) is 0 Å². The van der Waals surface area contributed by atoms with Crippen LogP contribution in [0, 0.1) is 10.1 Å². The fourth-order valence-corrected chi connectivity index (χ4v) is 3.80. The van der Waals surface area contributed by atoms with Crippen LogP contribution in [0.15, 0.2) is 36.4 Å². The van der Waals surface area contributed by atoms with E-state index in [1.54, 1.807) is 25.3 Å². The van der Waals surface area contributed by atoms with Gasteiger partial charge in [0.15, 0.2) is 34.3 Å². The summed E-state index contributed by atoms with van der Waals surface area (Å²) in [5.74, 6) is -3.45. The molecule has 2 heterocycles. The maximum absolute atomic E-state index is 11.2. The molecule has 0 aliphatic carbocycles. The van der Waals surface area contributed by atoms with Crippen LogP contribution in [0.5, 0.6) is 34.5 Å². The standard InChI is InChI=1S/C10H10O4.C9H10O4.C8H3NO7/c1-12-8-3-6-5-14-10(11)7(6)4-9(8)13-2;1-12-7-4-3-6(9(10)11)5-8(7)13-2;10-3-1-2-4(8(13)16-7(2)12)5(6(3)11)9(14)15/h3-4H,5H2,1-2H3;3-5H,1-2H3,(H,10,11);1,10-11H. The Morgan fingerprint density at radius 2 is 1.40 bits per heavy atom. The zero-order valence-electron chi connectivity index (χ0n) is 22.9. The molecule has 16 nitrogen and oxygen atoms in total. The van der Waals surface area contributed by atoms with Crippen molar-refractivity contribution < 1.29 is 67.8 Å². The number of rotatable bonds is 6. The Morgan fingerprint density at radius 3 is 1.95 bits per heavy atom. The van der Waals surface area contributed by atoms with Crippen molar-refractivity contribution in [1.82, 2.24) is 0 Å². The molecule has 3 N–H and O–H groups in total. The molecule has 3 aromatic carbocycles. The number of nitro benzene ring substituents is 1. The van der Waals surface area contributed by atoms with Crippen LogP contribution < -0.4 is 18.9 Å². The number of carbonyl (C=O) groups is 4. The predicted octanol–water partition coefficient (Wildman–Crippen LogP) is 3.09. The Hall–Kier alpha value is -6.06.